The maximum absolute atomic E-state index is 11.4. The van der Waals surface area contributed by atoms with Crippen molar-refractivity contribution in [1.82, 2.24) is 0 Å². The number of rotatable bonds is 10. The van der Waals surface area contributed by atoms with Gasteiger partial charge in [-0.1, -0.05) is 24.9 Å². The number of ether oxygens (including phenoxy) is 2. The van der Waals surface area contributed by atoms with E-state index in [1.807, 2.05) is 48.5 Å². The van der Waals surface area contributed by atoms with Crippen LogP contribution in [0.3, 0.4) is 0 Å². The van der Waals surface area contributed by atoms with Gasteiger partial charge in [-0.2, -0.15) is 0 Å². The lowest BCUT2D eigenvalue weighted by molar-refractivity contribution is -0.112. The maximum Gasteiger partial charge on any atom is 0.247 e. The molecular formula is C30H24N2O4S. The third-order valence-corrected chi connectivity index (χ3v) is 5.98. The van der Waals surface area contributed by atoms with Gasteiger partial charge >= 0.3 is 0 Å². The van der Waals surface area contributed by atoms with E-state index >= 15 is 0 Å². The first kappa shape index (κ1) is 25.3. The summed E-state index contributed by atoms with van der Waals surface area (Å²) < 4.78 is 11.8. The number of nitrogens with one attached hydrogen (secondary N) is 2. The molecule has 6 nitrogen and oxygen atoms in total. The second-order valence-corrected chi connectivity index (χ2v) is 8.83. The van der Waals surface area contributed by atoms with Crippen LogP contribution in [0.25, 0.3) is 0 Å². The van der Waals surface area contributed by atoms with Crippen LogP contribution < -0.4 is 20.1 Å². The number of amides is 2. The van der Waals surface area contributed by atoms with E-state index in [1.165, 1.54) is 12.2 Å². The molecule has 0 aliphatic heterocycles. The van der Waals surface area contributed by atoms with Crippen LogP contribution in [0.15, 0.2) is 132 Å². The Morgan fingerprint density at radius 3 is 1.14 bits per heavy atom. The summed E-state index contributed by atoms with van der Waals surface area (Å²) in [4.78, 5) is 24.9. The molecule has 0 aromatic heterocycles. The van der Waals surface area contributed by atoms with Crippen molar-refractivity contribution in [2.75, 3.05) is 10.6 Å². The molecule has 0 saturated heterocycles. The van der Waals surface area contributed by atoms with Gasteiger partial charge in [-0.25, -0.2) is 0 Å². The zero-order valence-corrected chi connectivity index (χ0v) is 20.7. The normalized spacial score (nSPS) is 10.2. The molecule has 0 heterocycles. The summed E-state index contributed by atoms with van der Waals surface area (Å²) in [7, 11) is 0. The predicted octanol–water partition coefficient (Wildman–Crippen LogP) is 7.67. The van der Waals surface area contributed by atoms with Crippen molar-refractivity contribution < 1.29 is 19.1 Å². The second kappa shape index (κ2) is 12.3. The summed E-state index contributed by atoms with van der Waals surface area (Å²) >= 11 is 1.63. The molecule has 4 rings (SSSR count). The van der Waals surface area contributed by atoms with Crippen molar-refractivity contribution in [3.05, 3.63) is 122 Å². The molecule has 2 amide bonds. The molecule has 37 heavy (non-hydrogen) atoms. The van der Waals surface area contributed by atoms with Gasteiger partial charge in [-0.3, -0.25) is 9.59 Å². The Hall–Kier alpha value is -4.75. The smallest absolute Gasteiger partial charge is 0.247 e. The first-order valence-electron chi connectivity index (χ1n) is 11.3. The summed E-state index contributed by atoms with van der Waals surface area (Å²) in [5.41, 5.74) is 1.35. The van der Waals surface area contributed by atoms with Crippen molar-refractivity contribution in [2.24, 2.45) is 0 Å². The Bertz CT molecular complexity index is 1270. The molecule has 0 atom stereocenters. The van der Waals surface area contributed by atoms with Crippen LogP contribution in [-0.4, -0.2) is 11.8 Å². The van der Waals surface area contributed by atoms with Crippen molar-refractivity contribution in [2.45, 2.75) is 9.79 Å². The topological polar surface area (TPSA) is 76.7 Å². The van der Waals surface area contributed by atoms with Crippen molar-refractivity contribution in [3.8, 4) is 23.0 Å². The first-order valence-corrected chi connectivity index (χ1v) is 12.1. The lowest BCUT2D eigenvalue weighted by Crippen LogP contribution is -2.06. The van der Waals surface area contributed by atoms with Crippen molar-refractivity contribution in [1.29, 1.82) is 0 Å². The monoisotopic (exact) mass is 508 g/mol. The van der Waals surface area contributed by atoms with Gasteiger partial charge in [0.1, 0.15) is 23.0 Å². The van der Waals surface area contributed by atoms with Crippen molar-refractivity contribution in [3.63, 3.8) is 0 Å². The highest BCUT2D eigenvalue weighted by atomic mass is 32.2. The van der Waals surface area contributed by atoms with Crippen LogP contribution in [0.2, 0.25) is 0 Å². The largest absolute Gasteiger partial charge is 0.457 e. The van der Waals surface area contributed by atoms with Crippen LogP contribution in [-0.2, 0) is 9.59 Å². The SMILES string of the molecule is C=CC(=O)Nc1ccc(Oc2ccc(Sc3ccc(Oc4ccc(NC(=O)C=C)cc4)cc3)cc2)cc1. The third kappa shape index (κ3) is 7.62. The highest BCUT2D eigenvalue weighted by Crippen LogP contribution is 2.32. The number of hydrogen-bond donors (Lipinski definition) is 2. The van der Waals surface area contributed by atoms with Gasteiger partial charge in [0.25, 0.3) is 0 Å². The number of anilines is 2. The standard InChI is InChI=1S/C30H24N2O4S/c1-3-29(33)31-21-5-9-23(10-6-21)35-25-13-17-27(18-14-25)37-28-19-15-26(16-20-28)36-24-11-7-22(8-12-24)32-30(34)4-2/h3-20H,1-2H2,(H,31,33)(H,32,34). The van der Waals surface area contributed by atoms with Gasteiger partial charge in [0.05, 0.1) is 0 Å². The minimum atomic E-state index is -0.258. The van der Waals surface area contributed by atoms with Crippen LogP contribution in [0, 0.1) is 0 Å². The fourth-order valence-corrected chi connectivity index (χ4v) is 3.98. The fraction of sp³-hybridized carbons (Fsp3) is 0. The molecule has 0 spiro atoms. The van der Waals surface area contributed by atoms with Crippen LogP contribution in [0.4, 0.5) is 11.4 Å². The van der Waals surface area contributed by atoms with Gasteiger partial charge in [-0.05, 0) is 109 Å². The van der Waals surface area contributed by atoms with Crippen LogP contribution in [0.5, 0.6) is 23.0 Å². The molecule has 184 valence electrons. The van der Waals surface area contributed by atoms with Gasteiger partial charge in [0.2, 0.25) is 11.8 Å². The first-order chi connectivity index (χ1) is 18.0. The molecule has 4 aromatic rings. The molecule has 0 bridgehead atoms. The summed E-state index contributed by atoms with van der Waals surface area (Å²) in [6, 6.07) is 29.9. The molecule has 4 aromatic carbocycles. The Labute approximate surface area is 219 Å². The van der Waals surface area contributed by atoms with E-state index in [1.54, 1.807) is 60.3 Å². The van der Waals surface area contributed by atoms with E-state index in [2.05, 4.69) is 23.8 Å². The summed E-state index contributed by atoms with van der Waals surface area (Å²) in [6.45, 7) is 6.88. The number of carbonyl (C=O) groups is 2. The number of benzene rings is 4. The molecule has 2 N–H and O–H groups in total. The maximum atomic E-state index is 11.4. The average molecular weight is 509 g/mol. The fourth-order valence-electron chi connectivity index (χ4n) is 3.16. The van der Waals surface area contributed by atoms with E-state index in [-0.39, 0.29) is 11.8 Å². The van der Waals surface area contributed by atoms with E-state index in [0.717, 1.165) is 9.79 Å². The average Bonchev–Trinajstić information content (AvgIpc) is 2.93. The molecule has 0 saturated carbocycles. The van der Waals surface area contributed by atoms with E-state index < -0.39 is 0 Å². The van der Waals surface area contributed by atoms with Gasteiger partial charge in [0, 0.05) is 21.2 Å². The summed E-state index contributed by atoms with van der Waals surface area (Å²) in [5, 5.41) is 5.40. The lowest BCUT2D eigenvalue weighted by atomic mass is 10.3. The second-order valence-electron chi connectivity index (χ2n) is 7.68. The molecule has 0 radical (unpaired) electrons. The quantitative estimate of drug-likeness (QED) is 0.215. The molecule has 0 aliphatic carbocycles. The Morgan fingerprint density at radius 2 is 0.838 bits per heavy atom. The Balaban J connectivity index is 1.29. The van der Waals surface area contributed by atoms with Gasteiger partial charge in [-0.15, -0.1) is 0 Å². The molecule has 7 heteroatoms. The molecule has 0 unspecified atom stereocenters. The highest BCUT2D eigenvalue weighted by molar-refractivity contribution is 7.99. The minimum Gasteiger partial charge on any atom is -0.457 e. The molecule has 0 fully saturated rings. The Morgan fingerprint density at radius 1 is 0.541 bits per heavy atom. The van der Waals surface area contributed by atoms with E-state index in [0.29, 0.717) is 34.4 Å². The zero-order chi connectivity index (χ0) is 26.0. The summed E-state index contributed by atoms with van der Waals surface area (Å²) in [5.74, 6) is 2.25. The van der Waals surface area contributed by atoms with Gasteiger partial charge in [0.15, 0.2) is 0 Å². The van der Waals surface area contributed by atoms with Gasteiger partial charge < -0.3 is 20.1 Å². The Kier molecular flexibility index (Phi) is 8.41. The van der Waals surface area contributed by atoms with E-state index in [9.17, 15) is 9.59 Å². The van der Waals surface area contributed by atoms with Crippen LogP contribution in [0.1, 0.15) is 0 Å². The molecular weight excluding hydrogens is 484 g/mol. The zero-order valence-electron chi connectivity index (χ0n) is 19.8. The highest BCUT2D eigenvalue weighted by Gasteiger charge is 2.04. The minimum absolute atomic E-state index is 0.258. The number of carbonyl (C=O) groups excluding carboxylic acids is 2. The third-order valence-electron chi connectivity index (χ3n) is 4.97. The van der Waals surface area contributed by atoms with Crippen molar-refractivity contribution >= 4 is 35.0 Å². The van der Waals surface area contributed by atoms with Crippen LogP contribution >= 0.6 is 11.8 Å². The molecule has 0 aliphatic rings. The number of hydrogen-bond acceptors (Lipinski definition) is 5. The lowest BCUT2D eigenvalue weighted by Gasteiger charge is -2.09. The predicted molar refractivity (Wildman–Crippen MR) is 148 cm³/mol. The van der Waals surface area contributed by atoms with E-state index in [4.69, 9.17) is 9.47 Å². The summed E-state index contributed by atoms with van der Waals surface area (Å²) in [6.07, 6.45) is 2.45.